The summed E-state index contributed by atoms with van der Waals surface area (Å²) in [7, 11) is -1.71. The lowest BCUT2D eigenvalue weighted by Crippen LogP contribution is -2.34. The number of sulfonamides is 1. The Balaban J connectivity index is 1.82. The van der Waals surface area contributed by atoms with E-state index in [4.69, 9.17) is 12.2 Å². The third-order valence-corrected chi connectivity index (χ3v) is 6.02. The van der Waals surface area contributed by atoms with Crippen LogP contribution in [0.5, 0.6) is 0 Å². The Morgan fingerprint density at radius 1 is 0.929 bits per heavy atom. The van der Waals surface area contributed by atoms with E-state index in [0.717, 1.165) is 5.56 Å². The van der Waals surface area contributed by atoms with Crippen molar-refractivity contribution in [2.75, 3.05) is 17.6 Å². The first-order chi connectivity index (χ1) is 13.0. The summed E-state index contributed by atoms with van der Waals surface area (Å²) in [6, 6.07) is 15.9. The molecule has 0 atom stereocenters. The maximum Gasteiger partial charge on any atom is 0.231 e. The molecule has 152 valence electrons. The van der Waals surface area contributed by atoms with E-state index < -0.39 is 10.0 Å². The third-order valence-electron chi connectivity index (χ3n) is 4.52. The van der Waals surface area contributed by atoms with Crippen LogP contribution in [0.3, 0.4) is 0 Å². The largest absolute Gasteiger partial charge is 0.359 e. The van der Waals surface area contributed by atoms with Crippen molar-refractivity contribution in [1.29, 1.82) is 0 Å². The van der Waals surface area contributed by atoms with Gasteiger partial charge in [0.15, 0.2) is 5.11 Å². The SMILES string of the molecule is CN(c1ccc(CNC(=S)NCc2ccc(C(C)(C)C)cc2)cc1)S(C)(=O)=O. The summed E-state index contributed by atoms with van der Waals surface area (Å²) in [4.78, 5) is 0. The Morgan fingerprint density at radius 2 is 1.36 bits per heavy atom. The minimum absolute atomic E-state index is 0.147. The number of anilines is 1. The molecule has 0 aromatic heterocycles. The highest BCUT2D eigenvalue weighted by molar-refractivity contribution is 7.92. The van der Waals surface area contributed by atoms with E-state index in [9.17, 15) is 8.42 Å². The lowest BCUT2D eigenvalue weighted by Gasteiger charge is -2.19. The maximum absolute atomic E-state index is 11.6. The zero-order valence-corrected chi connectivity index (χ0v) is 18.7. The van der Waals surface area contributed by atoms with Gasteiger partial charge >= 0.3 is 0 Å². The Labute approximate surface area is 174 Å². The molecular weight excluding hydrogens is 390 g/mol. The number of thiocarbonyl (C=S) groups is 1. The lowest BCUT2D eigenvalue weighted by atomic mass is 9.87. The molecular formula is C21H29N3O2S2. The van der Waals surface area contributed by atoms with Gasteiger partial charge in [0.1, 0.15) is 0 Å². The fourth-order valence-electron chi connectivity index (χ4n) is 2.56. The summed E-state index contributed by atoms with van der Waals surface area (Å²) in [5.41, 5.74) is 4.27. The average molecular weight is 420 g/mol. The van der Waals surface area contributed by atoms with Crippen LogP contribution in [-0.4, -0.2) is 26.8 Å². The van der Waals surface area contributed by atoms with E-state index >= 15 is 0 Å². The topological polar surface area (TPSA) is 61.4 Å². The molecule has 0 bridgehead atoms. The first kappa shape index (κ1) is 22.2. The van der Waals surface area contributed by atoms with Gasteiger partial charge in [-0.25, -0.2) is 8.42 Å². The van der Waals surface area contributed by atoms with Crippen molar-refractivity contribution in [3.63, 3.8) is 0 Å². The zero-order valence-electron chi connectivity index (χ0n) is 17.1. The molecule has 0 amide bonds. The van der Waals surface area contributed by atoms with Gasteiger partial charge in [0.2, 0.25) is 10.0 Å². The van der Waals surface area contributed by atoms with Crippen LogP contribution in [0.4, 0.5) is 5.69 Å². The van der Waals surface area contributed by atoms with Crippen molar-refractivity contribution < 1.29 is 8.42 Å². The molecule has 5 nitrogen and oxygen atoms in total. The summed E-state index contributed by atoms with van der Waals surface area (Å²) in [6.45, 7) is 7.83. The molecule has 0 saturated carbocycles. The highest BCUT2D eigenvalue weighted by Gasteiger charge is 2.13. The first-order valence-electron chi connectivity index (χ1n) is 9.11. The van der Waals surface area contributed by atoms with Crippen molar-refractivity contribution in [2.24, 2.45) is 0 Å². The quantitative estimate of drug-likeness (QED) is 0.701. The Morgan fingerprint density at radius 3 is 1.75 bits per heavy atom. The number of nitrogens with one attached hydrogen (secondary N) is 2. The van der Waals surface area contributed by atoms with Crippen LogP contribution in [-0.2, 0) is 28.5 Å². The van der Waals surface area contributed by atoms with E-state index in [1.165, 1.54) is 28.7 Å². The number of hydrogen-bond acceptors (Lipinski definition) is 3. The monoisotopic (exact) mass is 419 g/mol. The van der Waals surface area contributed by atoms with Gasteiger partial charge in [-0.15, -0.1) is 0 Å². The van der Waals surface area contributed by atoms with Crippen molar-refractivity contribution in [3.8, 4) is 0 Å². The molecule has 2 aromatic carbocycles. The molecule has 0 radical (unpaired) electrons. The molecule has 0 unspecified atom stereocenters. The Kier molecular flexibility index (Phi) is 7.06. The number of rotatable bonds is 6. The van der Waals surface area contributed by atoms with Gasteiger partial charge < -0.3 is 10.6 Å². The van der Waals surface area contributed by atoms with Crippen LogP contribution >= 0.6 is 12.2 Å². The third kappa shape index (κ3) is 6.49. The second-order valence-electron chi connectivity index (χ2n) is 7.88. The van der Waals surface area contributed by atoms with E-state index in [1.807, 2.05) is 12.1 Å². The van der Waals surface area contributed by atoms with Crippen molar-refractivity contribution >= 4 is 33.0 Å². The summed E-state index contributed by atoms with van der Waals surface area (Å²) in [6.07, 6.45) is 1.18. The molecule has 0 spiro atoms. The van der Waals surface area contributed by atoms with E-state index in [0.29, 0.717) is 23.9 Å². The smallest absolute Gasteiger partial charge is 0.231 e. The summed E-state index contributed by atoms with van der Waals surface area (Å²) >= 11 is 5.34. The number of benzene rings is 2. The van der Waals surface area contributed by atoms with Crippen LogP contribution in [0.25, 0.3) is 0 Å². The second-order valence-corrected chi connectivity index (χ2v) is 10.3. The predicted molar refractivity (Wildman–Crippen MR) is 121 cm³/mol. The van der Waals surface area contributed by atoms with Crippen LogP contribution in [0.1, 0.15) is 37.5 Å². The van der Waals surface area contributed by atoms with Crippen LogP contribution < -0.4 is 14.9 Å². The first-order valence-corrected chi connectivity index (χ1v) is 11.4. The van der Waals surface area contributed by atoms with Gasteiger partial charge in [0.25, 0.3) is 0 Å². The summed E-state index contributed by atoms with van der Waals surface area (Å²) < 4.78 is 24.4. The van der Waals surface area contributed by atoms with Gasteiger partial charge in [0, 0.05) is 20.1 Å². The number of nitrogens with zero attached hydrogens (tertiary/aromatic N) is 1. The molecule has 28 heavy (non-hydrogen) atoms. The Bertz CT molecular complexity index is 900. The predicted octanol–water partition coefficient (Wildman–Crippen LogP) is 3.54. The molecule has 2 aromatic rings. The molecule has 0 aliphatic carbocycles. The van der Waals surface area contributed by atoms with Crippen molar-refractivity contribution in [3.05, 3.63) is 65.2 Å². The van der Waals surface area contributed by atoms with E-state index in [2.05, 4.69) is 55.7 Å². The van der Waals surface area contributed by atoms with Gasteiger partial charge in [-0.1, -0.05) is 57.2 Å². The van der Waals surface area contributed by atoms with Gasteiger partial charge in [0.05, 0.1) is 11.9 Å². The minimum Gasteiger partial charge on any atom is -0.359 e. The second kappa shape index (κ2) is 8.92. The molecule has 7 heteroatoms. The normalized spacial score (nSPS) is 11.8. The zero-order chi connectivity index (χ0) is 20.9. The van der Waals surface area contributed by atoms with Crippen molar-refractivity contribution in [1.82, 2.24) is 10.6 Å². The molecule has 0 aliphatic heterocycles. The minimum atomic E-state index is -3.25. The highest BCUT2D eigenvalue weighted by atomic mass is 32.2. The molecule has 0 heterocycles. The van der Waals surface area contributed by atoms with Gasteiger partial charge in [-0.2, -0.15) is 0 Å². The summed E-state index contributed by atoms with van der Waals surface area (Å²) in [5, 5.41) is 6.96. The molecule has 2 N–H and O–H groups in total. The fourth-order valence-corrected chi connectivity index (χ4v) is 3.21. The standard InChI is InChI=1S/C21H29N3O2S2/c1-21(2,3)18-10-6-16(7-11-18)14-22-20(27)23-15-17-8-12-19(13-9-17)24(4)28(5,25)26/h6-13H,14-15H2,1-5H3,(H2,22,23,27). The van der Waals surface area contributed by atoms with Gasteiger partial charge in [-0.3, -0.25) is 4.31 Å². The van der Waals surface area contributed by atoms with E-state index in [1.54, 1.807) is 12.1 Å². The Hall–Kier alpha value is -2.12. The van der Waals surface area contributed by atoms with Crippen LogP contribution in [0.15, 0.2) is 48.5 Å². The summed E-state index contributed by atoms with van der Waals surface area (Å²) in [5.74, 6) is 0. The lowest BCUT2D eigenvalue weighted by molar-refractivity contribution is 0.590. The van der Waals surface area contributed by atoms with Crippen LogP contribution in [0.2, 0.25) is 0 Å². The maximum atomic E-state index is 11.6. The highest BCUT2D eigenvalue weighted by Crippen LogP contribution is 2.22. The molecule has 2 rings (SSSR count). The fraction of sp³-hybridized carbons (Fsp3) is 0.381. The van der Waals surface area contributed by atoms with Crippen molar-refractivity contribution in [2.45, 2.75) is 39.3 Å². The molecule has 0 fully saturated rings. The van der Waals surface area contributed by atoms with E-state index in [-0.39, 0.29) is 5.41 Å². The van der Waals surface area contributed by atoms with Crippen LogP contribution in [0, 0.1) is 0 Å². The molecule has 0 aliphatic rings. The number of hydrogen-bond donors (Lipinski definition) is 2. The average Bonchev–Trinajstić information content (AvgIpc) is 2.63. The van der Waals surface area contributed by atoms with Gasteiger partial charge in [-0.05, 0) is 46.5 Å². The molecule has 0 saturated heterocycles.